The number of carbonyl (C=O) groups excluding carboxylic acids is 2. The van der Waals surface area contributed by atoms with Gasteiger partial charge in [-0.05, 0) is 12.3 Å². The number of ether oxygens (including phenoxy) is 1. The van der Waals surface area contributed by atoms with Gasteiger partial charge in [0.25, 0.3) is 0 Å². The lowest BCUT2D eigenvalue weighted by Gasteiger charge is -2.07. The molecule has 0 aliphatic heterocycles. The molecule has 1 rings (SSSR count). The van der Waals surface area contributed by atoms with Crippen molar-refractivity contribution < 1.29 is 14.3 Å². The first-order chi connectivity index (χ1) is 5.22. The maximum atomic E-state index is 10.3. The van der Waals surface area contributed by atoms with E-state index in [-0.39, 0.29) is 0 Å². The summed E-state index contributed by atoms with van der Waals surface area (Å²) in [5.74, 6) is 0.560. The van der Waals surface area contributed by atoms with Crippen LogP contribution in [0.1, 0.15) is 19.3 Å². The van der Waals surface area contributed by atoms with E-state index >= 15 is 0 Å². The van der Waals surface area contributed by atoms with Crippen molar-refractivity contribution in [2.24, 2.45) is 11.7 Å². The molecule has 11 heavy (non-hydrogen) atoms. The summed E-state index contributed by atoms with van der Waals surface area (Å²) in [5.41, 5.74) is 4.75. The third-order valence-corrected chi connectivity index (χ3v) is 1.68. The van der Waals surface area contributed by atoms with Gasteiger partial charge in [-0.3, -0.25) is 4.79 Å². The first kappa shape index (κ1) is 8.04. The molecular weight excluding hydrogens is 146 g/mol. The monoisotopic (exact) mass is 157 g/mol. The van der Waals surface area contributed by atoms with Crippen LogP contribution in [0.2, 0.25) is 0 Å². The van der Waals surface area contributed by atoms with Crippen LogP contribution in [0.3, 0.4) is 0 Å². The summed E-state index contributed by atoms with van der Waals surface area (Å²) in [4.78, 5) is 20.5. The SMILES string of the molecule is NC(=O)O[C@H](C=O)CC1CC1. The zero-order valence-corrected chi connectivity index (χ0v) is 6.16. The number of amides is 1. The highest BCUT2D eigenvalue weighted by Crippen LogP contribution is 2.33. The summed E-state index contributed by atoms with van der Waals surface area (Å²) in [6.45, 7) is 0. The summed E-state index contributed by atoms with van der Waals surface area (Å²) in [7, 11) is 0. The molecule has 4 nitrogen and oxygen atoms in total. The van der Waals surface area contributed by atoms with E-state index in [0.29, 0.717) is 18.6 Å². The van der Waals surface area contributed by atoms with Crippen LogP contribution in [0, 0.1) is 5.92 Å². The highest BCUT2D eigenvalue weighted by atomic mass is 16.6. The Morgan fingerprint density at radius 1 is 1.73 bits per heavy atom. The minimum absolute atomic E-state index is 0.560. The molecule has 0 bridgehead atoms. The van der Waals surface area contributed by atoms with E-state index in [4.69, 9.17) is 5.73 Å². The van der Waals surface area contributed by atoms with E-state index in [2.05, 4.69) is 4.74 Å². The second kappa shape index (κ2) is 3.37. The first-order valence-electron chi connectivity index (χ1n) is 3.63. The fourth-order valence-corrected chi connectivity index (χ4v) is 0.963. The van der Waals surface area contributed by atoms with Crippen LogP contribution in [0.25, 0.3) is 0 Å². The van der Waals surface area contributed by atoms with Crippen molar-refractivity contribution in [2.75, 3.05) is 0 Å². The van der Waals surface area contributed by atoms with Gasteiger partial charge in [0.2, 0.25) is 0 Å². The van der Waals surface area contributed by atoms with Gasteiger partial charge >= 0.3 is 6.09 Å². The van der Waals surface area contributed by atoms with Gasteiger partial charge < -0.3 is 10.5 Å². The van der Waals surface area contributed by atoms with Crippen molar-refractivity contribution in [2.45, 2.75) is 25.4 Å². The van der Waals surface area contributed by atoms with Crippen molar-refractivity contribution >= 4 is 12.4 Å². The Labute approximate surface area is 64.7 Å². The van der Waals surface area contributed by atoms with E-state index in [0.717, 1.165) is 12.8 Å². The molecule has 0 radical (unpaired) electrons. The van der Waals surface area contributed by atoms with Gasteiger partial charge in [-0.1, -0.05) is 12.8 Å². The number of rotatable bonds is 4. The highest BCUT2D eigenvalue weighted by molar-refractivity contribution is 5.69. The minimum Gasteiger partial charge on any atom is -0.439 e. The van der Waals surface area contributed by atoms with Crippen LogP contribution >= 0.6 is 0 Å². The van der Waals surface area contributed by atoms with E-state index in [1.807, 2.05) is 0 Å². The molecule has 0 aromatic carbocycles. The van der Waals surface area contributed by atoms with E-state index in [1.165, 1.54) is 0 Å². The van der Waals surface area contributed by atoms with Gasteiger partial charge in [0.05, 0.1) is 0 Å². The molecule has 1 amide bonds. The lowest BCUT2D eigenvalue weighted by Crippen LogP contribution is -2.24. The Morgan fingerprint density at radius 3 is 2.73 bits per heavy atom. The molecule has 1 aliphatic rings. The predicted octanol–water partition coefficient (Wildman–Crippen LogP) is 0.449. The molecule has 0 aromatic heterocycles. The average Bonchev–Trinajstić information content (AvgIpc) is 2.69. The third-order valence-electron chi connectivity index (χ3n) is 1.68. The second-order valence-corrected chi connectivity index (χ2v) is 2.79. The summed E-state index contributed by atoms with van der Waals surface area (Å²) < 4.78 is 4.52. The number of aldehydes is 1. The molecule has 4 heteroatoms. The van der Waals surface area contributed by atoms with Gasteiger partial charge in [0.1, 0.15) is 0 Å². The summed E-state index contributed by atoms with van der Waals surface area (Å²) in [6, 6.07) is 0. The molecule has 1 atom stereocenters. The summed E-state index contributed by atoms with van der Waals surface area (Å²) >= 11 is 0. The Bertz CT molecular complexity index is 165. The Morgan fingerprint density at radius 2 is 2.36 bits per heavy atom. The number of hydrogen-bond donors (Lipinski definition) is 1. The smallest absolute Gasteiger partial charge is 0.405 e. The Hall–Kier alpha value is -1.06. The van der Waals surface area contributed by atoms with Gasteiger partial charge in [0, 0.05) is 0 Å². The van der Waals surface area contributed by atoms with Crippen LogP contribution in [0.5, 0.6) is 0 Å². The van der Waals surface area contributed by atoms with E-state index in [1.54, 1.807) is 0 Å². The van der Waals surface area contributed by atoms with Crippen molar-refractivity contribution in [1.82, 2.24) is 0 Å². The Balaban J connectivity index is 2.22. The average molecular weight is 157 g/mol. The molecule has 1 aliphatic carbocycles. The maximum Gasteiger partial charge on any atom is 0.405 e. The fraction of sp³-hybridized carbons (Fsp3) is 0.714. The van der Waals surface area contributed by atoms with Gasteiger partial charge in [-0.2, -0.15) is 0 Å². The minimum atomic E-state index is -0.872. The third kappa shape index (κ3) is 3.02. The zero-order chi connectivity index (χ0) is 8.27. The number of primary amides is 1. The molecule has 0 saturated heterocycles. The van der Waals surface area contributed by atoms with Crippen molar-refractivity contribution in [3.63, 3.8) is 0 Å². The summed E-state index contributed by atoms with van der Waals surface area (Å²) in [6.07, 6.45) is 2.02. The highest BCUT2D eigenvalue weighted by Gasteiger charge is 2.26. The summed E-state index contributed by atoms with van der Waals surface area (Å²) in [5, 5.41) is 0. The lowest BCUT2D eigenvalue weighted by molar-refractivity contribution is -0.115. The van der Waals surface area contributed by atoms with Crippen LogP contribution in [-0.4, -0.2) is 18.5 Å². The number of nitrogens with two attached hydrogens (primary N) is 1. The van der Waals surface area contributed by atoms with Crippen molar-refractivity contribution in [3.8, 4) is 0 Å². The lowest BCUT2D eigenvalue weighted by atomic mass is 10.2. The molecular formula is C7H11NO3. The van der Waals surface area contributed by atoms with Crippen molar-refractivity contribution in [3.05, 3.63) is 0 Å². The molecule has 2 N–H and O–H groups in total. The van der Waals surface area contributed by atoms with Gasteiger partial charge in [0.15, 0.2) is 12.4 Å². The predicted molar refractivity (Wildman–Crippen MR) is 37.9 cm³/mol. The molecule has 62 valence electrons. The largest absolute Gasteiger partial charge is 0.439 e. The van der Waals surface area contributed by atoms with Crippen molar-refractivity contribution in [1.29, 1.82) is 0 Å². The normalized spacial score (nSPS) is 18.9. The fourth-order valence-electron chi connectivity index (χ4n) is 0.963. The number of carbonyl (C=O) groups is 2. The van der Waals surface area contributed by atoms with Crippen LogP contribution < -0.4 is 5.73 Å². The Kier molecular flexibility index (Phi) is 2.46. The molecule has 0 heterocycles. The second-order valence-electron chi connectivity index (χ2n) is 2.79. The first-order valence-corrected chi connectivity index (χ1v) is 3.63. The molecule has 1 saturated carbocycles. The molecule has 0 spiro atoms. The van der Waals surface area contributed by atoms with Gasteiger partial charge in [-0.25, -0.2) is 4.79 Å². The topological polar surface area (TPSA) is 69.4 Å². The molecule has 0 unspecified atom stereocenters. The van der Waals surface area contributed by atoms with Crippen LogP contribution in [0.4, 0.5) is 4.79 Å². The quantitative estimate of drug-likeness (QED) is 0.602. The van der Waals surface area contributed by atoms with E-state index < -0.39 is 12.2 Å². The standard InChI is InChI=1S/C7H11NO3/c8-7(10)11-6(4-9)3-5-1-2-5/h4-6H,1-3H2,(H2,8,10)/t6-/m0/s1. The number of hydrogen-bond acceptors (Lipinski definition) is 3. The van der Waals surface area contributed by atoms with Gasteiger partial charge in [-0.15, -0.1) is 0 Å². The zero-order valence-electron chi connectivity index (χ0n) is 6.16. The van der Waals surface area contributed by atoms with Crippen LogP contribution in [-0.2, 0) is 9.53 Å². The van der Waals surface area contributed by atoms with E-state index in [9.17, 15) is 9.59 Å². The maximum absolute atomic E-state index is 10.3. The molecule has 0 aromatic rings. The molecule has 1 fully saturated rings. The van der Waals surface area contributed by atoms with Crippen LogP contribution in [0.15, 0.2) is 0 Å².